The second kappa shape index (κ2) is 8.32. The van der Waals surface area contributed by atoms with E-state index in [1.807, 2.05) is 36.4 Å². The predicted octanol–water partition coefficient (Wildman–Crippen LogP) is 2.39. The average molecular weight is 298 g/mol. The first-order chi connectivity index (χ1) is 10.7. The number of nitrogens with one attached hydrogen (secondary N) is 1. The molecule has 0 saturated carbocycles. The van der Waals surface area contributed by atoms with Gasteiger partial charge in [-0.3, -0.25) is 4.79 Å². The lowest BCUT2D eigenvalue weighted by atomic mass is 10.0. The maximum atomic E-state index is 11.2. The fraction of sp³-hybridized carbons (Fsp3) is 0.278. The SMILES string of the molecule is NC(=O)c1cccc(CNC(CCCO)c2ccccc2)c1. The molecule has 2 aromatic rings. The Morgan fingerprint density at radius 1 is 1.14 bits per heavy atom. The molecule has 0 aliphatic rings. The third-order valence-electron chi connectivity index (χ3n) is 3.62. The Bertz CT molecular complexity index is 599. The number of hydrogen-bond acceptors (Lipinski definition) is 3. The van der Waals surface area contributed by atoms with Crippen LogP contribution in [0.15, 0.2) is 54.6 Å². The van der Waals surface area contributed by atoms with Crippen molar-refractivity contribution in [1.82, 2.24) is 5.32 Å². The van der Waals surface area contributed by atoms with E-state index < -0.39 is 5.91 Å². The molecule has 0 spiro atoms. The van der Waals surface area contributed by atoms with Crippen molar-refractivity contribution < 1.29 is 9.90 Å². The lowest BCUT2D eigenvalue weighted by molar-refractivity contribution is 0.1000. The minimum Gasteiger partial charge on any atom is -0.396 e. The summed E-state index contributed by atoms with van der Waals surface area (Å²) in [5, 5.41) is 12.6. The van der Waals surface area contributed by atoms with Gasteiger partial charge in [-0.2, -0.15) is 0 Å². The van der Waals surface area contributed by atoms with Crippen LogP contribution in [-0.4, -0.2) is 17.6 Å². The number of nitrogens with two attached hydrogens (primary N) is 1. The molecule has 0 saturated heterocycles. The minimum atomic E-state index is -0.415. The molecule has 0 aliphatic heterocycles. The van der Waals surface area contributed by atoms with E-state index >= 15 is 0 Å². The monoisotopic (exact) mass is 298 g/mol. The molecule has 4 heteroatoms. The Hall–Kier alpha value is -2.17. The highest BCUT2D eigenvalue weighted by molar-refractivity contribution is 5.92. The summed E-state index contributed by atoms with van der Waals surface area (Å²) in [7, 11) is 0. The molecule has 0 radical (unpaired) electrons. The summed E-state index contributed by atoms with van der Waals surface area (Å²) in [4.78, 5) is 11.2. The predicted molar refractivity (Wildman–Crippen MR) is 87.3 cm³/mol. The van der Waals surface area contributed by atoms with Crippen LogP contribution in [0.4, 0.5) is 0 Å². The number of rotatable bonds is 8. The van der Waals surface area contributed by atoms with E-state index in [-0.39, 0.29) is 12.6 Å². The molecule has 22 heavy (non-hydrogen) atoms. The Kier molecular flexibility index (Phi) is 6.13. The second-order valence-electron chi connectivity index (χ2n) is 5.27. The van der Waals surface area contributed by atoms with Gasteiger partial charge in [-0.05, 0) is 36.1 Å². The summed E-state index contributed by atoms with van der Waals surface area (Å²) >= 11 is 0. The van der Waals surface area contributed by atoms with Gasteiger partial charge in [-0.1, -0.05) is 42.5 Å². The van der Waals surface area contributed by atoms with Gasteiger partial charge in [0.2, 0.25) is 5.91 Å². The van der Waals surface area contributed by atoms with Gasteiger partial charge < -0.3 is 16.2 Å². The quantitative estimate of drug-likeness (QED) is 0.700. The van der Waals surface area contributed by atoms with Crippen LogP contribution in [0.1, 0.15) is 40.4 Å². The number of aliphatic hydroxyl groups is 1. The van der Waals surface area contributed by atoms with Crippen LogP contribution in [0.25, 0.3) is 0 Å². The highest BCUT2D eigenvalue weighted by atomic mass is 16.2. The zero-order valence-corrected chi connectivity index (χ0v) is 12.5. The summed E-state index contributed by atoms with van der Waals surface area (Å²) < 4.78 is 0. The third kappa shape index (κ3) is 4.69. The fourth-order valence-corrected chi connectivity index (χ4v) is 2.44. The maximum absolute atomic E-state index is 11.2. The molecule has 1 unspecified atom stereocenters. The van der Waals surface area contributed by atoms with Gasteiger partial charge in [0.15, 0.2) is 0 Å². The van der Waals surface area contributed by atoms with Gasteiger partial charge in [0.25, 0.3) is 0 Å². The van der Waals surface area contributed by atoms with Crippen molar-refractivity contribution in [3.63, 3.8) is 0 Å². The van der Waals surface area contributed by atoms with Crippen molar-refractivity contribution in [3.8, 4) is 0 Å². The molecule has 4 nitrogen and oxygen atoms in total. The number of aliphatic hydroxyl groups excluding tert-OH is 1. The average Bonchev–Trinajstić information content (AvgIpc) is 2.56. The third-order valence-corrected chi connectivity index (χ3v) is 3.62. The number of carbonyl (C=O) groups is 1. The molecule has 1 atom stereocenters. The topological polar surface area (TPSA) is 75.4 Å². The van der Waals surface area contributed by atoms with Crippen LogP contribution in [-0.2, 0) is 6.54 Å². The summed E-state index contributed by atoms with van der Waals surface area (Å²) in [6.45, 7) is 0.828. The molecule has 0 aromatic heterocycles. The summed E-state index contributed by atoms with van der Waals surface area (Å²) in [6.07, 6.45) is 1.60. The van der Waals surface area contributed by atoms with Gasteiger partial charge in [0, 0.05) is 24.8 Å². The highest BCUT2D eigenvalue weighted by Crippen LogP contribution is 2.19. The van der Waals surface area contributed by atoms with Crippen molar-refractivity contribution in [3.05, 3.63) is 71.3 Å². The number of primary amides is 1. The van der Waals surface area contributed by atoms with E-state index in [2.05, 4.69) is 17.4 Å². The molecule has 0 heterocycles. The standard InChI is InChI=1S/C18H22N2O2/c19-18(22)16-9-4-6-14(12-16)13-20-17(10-5-11-21)15-7-2-1-3-8-15/h1-4,6-9,12,17,20-21H,5,10-11,13H2,(H2,19,22). The summed E-state index contributed by atoms with van der Waals surface area (Å²) in [6, 6.07) is 17.7. The maximum Gasteiger partial charge on any atom is 0.248 e. The lowest BCUT2D eigenvalue weighted by Gasteiger charge is -2.19. The van der Waals surface area contributed by atoms with Crippen LogP contribution in [0.3, 0.4) is 0 Å². The van der Waals surface area contributed by atoms with E-state index in [0.29, 0.717) is 12.1 Å². The normalized spacial score (nSPS) is 12.0. The number of amides is 1. The Balaban J connectivity index is 2.05. The molecular formula is C18H22N2O2. The smallest absolute Gasteiger partial charge is 0.248 e. The largest absolute Gasteiger partial charge is 0.396 e. The van der Waals surface area contributed by atoms with E-state index in [1.165, 1.54) is 5.56 Å². The second-order valence-corrected chi connectivity index (χ2v) is 5.27. The van der Waals surface area contributed by atoms with Crippen LogP contribution in [0.2, 0.25) is 0 Å². The van der Waals surface area contributed by atoms with Crippen LogP contribution >= 0.6 is 0 Å². The first-order valence-corrected chi connectivity index (χ1v) is 7.48. The fourth-order valence-electron chi connectivity index (χ4n) is 2.44. The molecule has 116 valence electrons. The Morgan fingerprint density at radius 2 is 1.91 bits per heavy atom. The van der Waals surface area contributed by atoms with E-state index in [4.69, 9.17) is 10.8 Å². The lowest BCUT2D eigenvalue weighted by Crippen LogP contribution is -2.21. The molecule has 2 rings (SSSR count). The molecule has 0 bridgehead atoms. The van der Waals surface area contributed by atoms with Gasteiger partial charge in [0.1, 0.15) is 0 Å². The molecule has 0 aliphatic carbocycles. The summed E-state index contributed by atoms with van der Waals surface area (Å²) in [5.74, 6) is -0.415. The van der Waals surface area contributed by atoms with Crippen molar-refractivity contribution >= 4 is 5.91 Å². The van der Waals surface area contributed by atoms with Gasteiger partial charge in [0.05, 0.1) is 0 Å². The minimum absolute atomic E-state index is 0.172. The Labute approximate surface area is 131 Å². The van der Waals surface area contributed by atoms with Crippen LogP contribution in [0.5, 0.6) is 0 Å². The van der Waals surface area contributed by atoms with E-state index in [1.54, 1.807) is 6.07 Å². The first-order valence-electron chi connectivity index (χ1n) is 7.48. The van der Waals surface area contributed by atoms with Crippen molar-refractivity contribution in [1.29, 1.82) is 0 Å². The number of carbonyl (C=O) groups excluding carboxylic acids is 1. The van der Waals surface area contributed by atoms with E-state index in [0.717, 1.165) is 18.4 Å². The first kappa shape index (κ1) is 16.2. The van der Waals surface area contributed by atoms with E-state index in [9.17, 15) is 4.79 Å². The van der Waals surface area contributed by atoms with Crippen LogP contribution < -0.4 is 11.1 Å². The molecule has 0 fully saturated rings. The zero-order valence-electron chi connectivity index (χ0n) is 12.5. The number of hydrogen-bond donors (Lipinski definition) is 3. The van der Waals surface area contributed by atoms with Gasteiger partial charge >= 0.3 is 0 Å². The van der Waals surface area contributed by atoms with Gasteiger partial charge in [-0.15, -0.1) is 0 Å². The molecule has 4 N–H and O–H groups in total. The van der Waals surface area contributed by atoms with Crippen molar-refractivity contribution in [2.45, 2.75) is 25.4 Å². The van der Waals surface area contributed by atoms with Gasteiger partial charge in [-0.25, -0.2) is 0 Å². The zero-order chi connectivity index (χ0) is 15.8. The molecule has 1 amide bonds. The van der Waals surface area contributed by atoms with Crippen molar-refractivity contribution in [2.24, 2.45) is 5.73 Å². The summed E-state index contributed by atoms with van der Waals surface area (Å²) in [5.41, 5.74) is 8.04. The molecule has 2 aromatic carbocycles. The van der Waals surface area contributed by atoms with Crippen molar-refractivity contribution in [2.75, 3.05) is 6.61 Å². The van der Waals surface area contributed by atoms with Crippen LogP contribution in [0, 0.1) is 0 Å². The highest BCUT2D eigenvalue weighted by Gasteiger charge is 2.10. The molecular weight excluding hydrogens is 276 g/mol. The number of benzene rings is 2. The Morgan fingerprint density at radius 3 is 2.59 bits per heavy atom.